The Kier molecular flexibility index (Phi) is 2.60. The van der Waals surface area contributed by atoms with Gasteiger partial charge in [-0.15, -0.1) is 0 Å². The van der Waals surface area contributed by atoms with Crippen molar-refractivity contribution in [2.24, 2.45) is 0 Å². The topological polar surface area (TPSA) is 63.1 Å². The van der Waals surface area contributed by atoms with Crippen LogP contribution in [0.5, 0.6) is 0 Å². The third-order valence-corrected chi connectivity index (χ3v) is 2.83. The van der Waals surface area contributed by atoms with Gasteiger partial charge in [0.2, 0.25) is 0 Å². The summed E-state index contributed by atoms with van der Waals surface area (Å²) < 4.78 is 40.5. The molecule has 0 fully saturated rings. The van der Waals surface area contributed by atoms with Crippen molar-refractivity contribution >= 4 is 11.9 Å². The molecule has 20 heavy (non-hydrogen) atoms. The van der Waals surface area contributed by atoms with Gasteiger partial charge in [0.15, 0.2) is 6.29 Å². The molecule has 3 aromatic heterocycles. The van der Waals surface area contributed by atoms with Gasteiger partial charge in [0.25, 0.3) is 0 Å². The van der Waals surface area contributed by atoms with Crippen LogP contribution in [0.3, 0.4) is 0 Å². The molecule has 0 radical (unpaired) electrons. The number of halogens is 3. The van der Waals surface area contributed by atoms with Crippen molar-refractivity contribution in [3.63, 3.8) is 0 Å². The molecular weight excluding hydrogens is 273 g/mol. The predicted octanol–water partition coefficient (Wildman–Crippen LogP) is 2.56. The van der Waals surface area contributed by atoms with Crippen LogP contribution in [-0.4, -0.2) is 25.9 Å². The molecule has 0 unspecified atom stereocenters. The van der Waals surface area contributed by atoms with Gasteiger partial charge in [0, 0.05) is 29.7 Å². The molecule has 0 aliphatic rings. The molecule has 0 aliphatic carbocycles. The molecule has 5 nitrogen and oxygen atoms in total. The second-order valence-electron chi connectivity index (χ2n) is 4.14. The first-order valence-corrected chi connectivity index (χ1v) is 5.53. The minimum absolute atomic E-state index is 0.0557. The number of pyridine rings is 1. The third kappa shape index (κ3) is 1.94. The van der Waals surface area contributed by atoms with Gasteiger partial charge in [0.1, 0.15) is 11.3 Å². The zero-order chi connectivity index (χ0) is 14.3. The highest BCUT2D eigenvalue weighted by Gasteiger charge is 2.34. The van der Waals surface area contributed by atoms with E-state index in [9.17, 15) is 18.0 Å². The van der Waals surface area contributed by atoms with E-state index in [0.29, 0.717) is 17.4 Å². The van der Waals surface area contributed by atoms with Crippen molar-refractivity contribution in [1.82, 2.24) is 19.6 Å². The van der Waals surface area contributed by atoms with Crippen LogP contribution in [0.25, 0.3) is 16.8 Å². The van der Waals surface area contributed by atoms with E-state index in [-0.39, 0.29) is 11.3 Å². The highest BCUT2D eigenvalue weighted by Crippen LogP contribution is 2.34. The SMILES string of the molecule is O=Cc1cn2cc(-c3cn[nH]c3)cc(C(F)(F)F)c2n1. The van der Waals surface area contributed by atoms with Crippen LogP contribution in [-0.2, 0) is 6.18 Å². The number of rotatable bonds is 2. The van der Waals surface area contributed by atoms with Gasteiger partial charge >= 0.3 is 6.18 Å². The summed E-state index contributed by atoms with van der Waals surface area (Å²) in [5.41, 5.74) is -0.414. The number of nitrogens with one attached hydrogen (secondary N) is 1. The number of aldehydes is 1. The molecule has 102 valence electrons. The van der Waals surface area contributed by atoms with E-state index in [1.807, 2.05) is 0 Å². The summed E-state index contributed by atoms with van der Waals surface area (Å²) >= 11 is 0. The van der Waals surface area contributed by atoms with Crippen LogP contribution in [0.4, 0.5) is 13.2 Å². The fourth-order valence-electron chi connectivity index (χ4n) is 1.95. The van der Waals surface area contributed by atoms with E-state index in [0.717, 1.165) is 6.07 Å². The highest BCUT2D eigenvalue weighted by atomic mass is 19.4. The Morgan fingerprint density at radius 3 is 2.65 bits per heavy atom. The summed E-state index contributed by atoms with van der Waals surface area (Å²) in [6.07, 6.45) is 1.46. The number of hydrogen-bond acceptors (Lipinski definition) is 3. The minimum atomic E-state index is -4.56. The van der Waals surface area contributed by atoms with Crippen LogP contribution < -0.4 is 0 Å². The number of H-pyrrole nitrogens is 1. The number of carbonyl (C=O) groups excluding carboxylic acids is 1. The summed E-state index contributed by atoms with van der Waals surface area (Å²) in [5.74, 6) is 0. The second-order valence-corrected chi connectivity index (χ2v) is 4.14. The van der Waals surface area contributed by atoms with Crippen molar-refractivity contribution in [2.75, 3.05) is 0 Å². The number of aromatic amines is 1. The second kappa shape index (κ2) is 4.19. The molecular formula is C12H7F3N4O. The van der Waals surface area contributed by atoms with Crippen molar-refractivity contribution in [2.45, 2.75) is 6.18 Å². The molecule has 0 atom stereocenters. The summed E-state index contributed by atoms with van der Waals surface area (Å²) in [5, 5.41) is 6.24. The summed E-state index contributed by atoms with van der Waals surface area (Å²) in [6.45, 7) is 0. The molecule has 0 saturated carbocycles. The predicted molar refractivity (Wildman–Crippen MR) is 63.2 cm³/mol. The van der Waals surface area contributed by atoms with Crippen molar-refractivity contribution in [1.29, 1.82) is 0 Å². The van der Waals surface area contributed by atoms with Crippen LogP contribution in [0.15, 0.2) is 30.9 Å². The average Bonchev–Trinajstić information content (AvgIpc) is 3.04. The first-order chi connectivity index (χ1) is 9.49. The lowest BCUT2D eigenvalue weighted by molar-refractivity contribution is -0.136. The zero-order valence-corrected chi connectivity index (χ0v) is 9.85. The monoisotopic (exact) mass is 280 g/mol. The number of alkyl halides is 3. The summed E-state index contributed by atoms with van der Waals surface area (Å²) in [7, 11) is 0. The minimum Gasteiger partial charge on any atom is -0.305 e. The Hall–Kier alpha value is -2.64. The third-order valence-electron chi connectivity index (χ3n) is 2.83. The Balaban J connectivity index is 2.33. The quantitative estimate of drug-likeness (QED) is 0.734. The van der Waals surface area contributed by atoms with Crippen molar-refractivity contribution < 1.29 is 18.0 Å². The number of aromatic nitrogens is 4. The Morgan fingerprint density at radius 2 is 2.05 bits per heavy atom. The number of nitrogens with zero attached hydrogens (tertiary/aromatic N) is 3. The lowest BCUT2D eigenvalue weighted by Crippen LogP contribution is -2.08. The van der Waals surface area contributed by atoms with Crippen molar-refractivity contribution in [3.05, 3.63) is 42.1 Å². The van der Waals surface area contributed by atoms with E-state index in [2.05, 4.69) is 15.2 Å². The molecule has 0 aromatic carbocycles. The van der Waals surface area contributed by atoms with E-state index in [4.69, 9.17) is 0 Å². The largest absolute Gasteiger partial charge is 0.420 e. The lowest BCUT2D eigenvalue weighted by Gasteiger charge is -2.10. The van der Waals surface area contributed by atoms with E-state index in [1.165, 1.54) is 29.2 Å². The first kappa shape index (κ1) is 12.4. The number of fused-ring (bicyclic) bond motifs is 1. The van der Waals surface area contributed by atoms with Gasteiger partial charge in [-0.05, 0) is 6.07 Å². The van der Waals surface area contributed by atoms with E-state index >= 15 is 0 Å². The number of imidazole rings is 1. The van der Waals surface area contributed by atoms with E-state index < -0.39 is 11.7 Å². The number of carbonyl (C=O) groups is 1. The molecule has 3 aromatic rings. The standard InChI is InChI=1S/C12H7F3N4O/c13-12(14,15)10-1-7(8-2-16-17-3-8)4-19-5-9(6-20)18-11(10)19/h1-6H,(H,16,17). The van der Waals surface area contributed by atoms with Gasteiger partial charge in [-0.3, -0.25) is 9.89 Å². The molecule has 3 rings (SSSR count). The van der Waals surface area contributed by atoms with Gasteiger partial charge in [0.05, 0.1) is 11.8 Å². The smallest absolute Gasteiger partial charge is 0.305 e. The van der Waals surface area contributed by atoms with Gasteiger partial charge in [-0.1, -0.05) is 0 Å². The van der Waals surface area contributed by atoms with Gasteiger partial charge in [-0.2, -0.15) is 18.3 Å². The lowest BCUT2D eigenvalue weighted by atomic mass is 10.1. The molecule has 3 heterocycles. The maximum atomic E-state index is 13.1. The van der Waals surface area contributed by atoms with Crippen LogP contribution >= 0.6 is 0 Å². The maximum Gasteiger partial charge on any atom is 0.420 e. The molecule has 1 N–H and O–H groups in total. The first-order valence-electron chi connectivity index (χ1n) is 5.53. The fourth-order valence-corrected chi connectivity index (χ4v) is 1.95. The Bertz CT molecular complexity index is 774. The summed E-state index contributed by atoms with van der Waals surface area (Å²) in [4.78, 5) is 14.4. The zero-order valence-electron chi connectivity index (χ0n) is 9.85. The molecule has 0 spiro atoms. The van der Waals surface area contributed by atoms with E-state index in [1.54, 1.807) is 0 Å². The fraction of sp³-hybridized carbons (Fsp3) is 0.0833. The Morgan fingerprint density at radius 1 is 1.25 bits per heavy atom. The van der Waals surface area contributed by atoms with Crippen molar-refractivity contribution in [3.8, 4) is 11.1 Å². The average molecular weight is 280 g/mol. The van der Waals surface area contributed by atoms with Gasteiger partial charge < -0.3 is 4.40 Å². The number of hydrogen-bond donors (Lipinski definition) is 1. The van der Waals surface area contributed by atoms with Gasteiger partial charge in [-0.25, -0.2) is 4.98 Å². The Labute approximate surface area is 110 Å². The highest BCUT2D eigenvalue weighted by molar-refractivity contribution is 5.75. The maximum absolute atomic E-state index is 13.1. The van der Waals surface area contributed by atoms with Crippen LogP contribution in [0, 0.1) is 0 Å². The van der Waals surface area contributed by atoms with Crippen LogP contribution in [0.2, 0.25) is 0 Å². The molecule has 8 heteroatoms. The molecule has 0 bridgehead atoms. The molecule has 0 saturated heterocycles. The molecule has 0 aliphatic heterocycles. The van der Waals surface area contributed by atoms with Crippen LogP contribution in [0.1, 0.15) is 16.1 Å². The summed E-state index contributed by atoms with van der Waals surface area (Å²) in [6, 6.07) is 0.988. The normalized spacial score (nSPS) is 11.9. The molecule has 0 amide bonds.